The van der Waals surface area contributed by atoms with Crippen molar-refractivity contribution in [1.29, 1.82) is 0 Å². The van der Waals surface area contributed by atoms with Crippen LogP contribution in [0.2, 0.25) is 0 Å². The normalized spacial score (nSPS) is 11.0. The van der Waals surface area contributed by atoms with Gasteiger partial charge in [0.1, 0.15) is 16.3 Å². The maximum atomic E-state index is 12.4. The summed E-state index contributed by atoms with van der Waals surface area (Å²) in [4.78, 5) is 29.7. The molecule has 0 amide bonds. The number of rotatable bonds is 6. The molecule has 0 saturated heterocycles. The molecule has 2 rings (SSSR count). The number of aryl methyl sites for hydroxylation is 2. The number of nitrogens with zero attached hydrogens (tertiary/aromatic N) is 2. The molecule has 0 radical (unpaired) electrons. The highest BCUT2D eigenvalue weighted by Crippen LogP contribution is 2.27. The highest BCUT2D eigenvalue weighted by molar-refractivity contribution is 7.20. The second-order valence-electron chi connectivity index (χ2n) is 4.61. The Bertz CT molecular complexity index is 705. The molecule has 0 fully saturated rings. The lowest BCUT2D eigenvalue weighted by Gasteiger charge is -2.03. The molecule has 6 nitrogen and oxygen atoms in total. The Balaban J connectivity index is 2.39. The summed E-state index contributed by atoms with van der Waals surface area (Å²) in [6, 6.07) is 0. The van der Waals surface area contributed by atoms with E-state index in [0.29, 0.717) is 33.8 Å². The van der Waals surface area contributed by atoms with Crippen LogP contribution in [0.25, 0.3) is 10.2 Å². The van der Waals surface area contributed by atoms with Crippen LogP contribution in [0.5, 0.6) is 0 Å². The number of hydrogen-bond donors (Lipinski definition) is 0. The molecule has 2 aromatic rings. The lowest BCUT2D eigenvalue weighted by atomic mass is 10.2. The molecule has 0 unspecified atom stereocenters. The molecule has 0 atom stereocenters. The van der Waals surface area contributed by atoms with Gasteiger partial charge in [-0.1, -0.05) is 6.92 Å². The maximum absolute atomic E-state index is 12.4. The zero-order chi connectivity index (χ0) is 15.4. The summed E-state index contributed by atoms with van der Waals surface area (Å²) < 4.78 is 11.5. The van der Waals surface area contributed by atoms with Gasteiger partial charge in [0.05, 0.1) is 18.3 Å². The van der Waals surface area contributed by atoms with Crippen LogP contribution in [0.3, 0.4) is 0 Å². The van der Waals surface area contributed by atoms with E-state index in [0.717, 1.165) is 6.42 Å². The van der Waals surface area contributed by atoms with Crippen LogP contribution in [0.1, 0.15) is 28.6 Å². The monoisotopic (exact) mass is 310 g/mol. The molecule has 0 spiro atoms. The van der Waals surface area contributed by atoms with Crippen molar-refractivity contribution in [1.82, 2.24) is 9.55 Å². The average molecular weight is 310 g/mol. The van der Waals surface area contributed by atoms with E-state index in [1.54, 1.807) is 18.6 Å². The summed E-state index contributed by atoms with van der Waals surface area (Å²) in [5, 5.41) is 0.509. The SMILES string of the molecule is CCCn1cnc2sc(C(=O)OCCOC)c(C)c2c1=O. The number of carbonyl (C=O) groups is 1. The van der Waals surface area contributed by atoms with Gasteiger partial charge in [-0.3, -0.25) is 9.36 Å². The van der Waals surface area contributed by atoms with Crippen molar-refractivity contribution in [2.24, 2.45) is 0 Å². The minimum absolute atomic E-state index is 0.105. The lowest BCUT2D eigenvalue weighted by molar-refractivity contribution is 0.0393. The molecule has 0 aliphatic rings. The van der Waals surface area contributed by atoms with Gasteiger partial charge in [-0.2, -0.15) is 0 Å². The number of methoxy groups -OCH3 is 1. The zero-order valence-electron chi connectivity index (χ0n) is 12.3. The summed E-state index contributed by atoms with van der Waals surface area (Å²) in [6.45, 7) is 4.90. The fourth-order valence-corrected chi connectivity index (χ4v) is 3.07. The van der Waals surface area contributed by atoms with Crippen LogP contribution in [-0.2, 0) is 16.0 Å². The third-order valence-electron chi connectivity index (χ3n) is 3.09. The Morgan fingerprint density at radius 1 is 1.43 bits per heavy atom. The summed E-state index contributed by atoms with van der Waals surface area (Å²) in [7, 11) is 1.54. The predicted molar refractivity (Wildman–Crippen MR) is 81.1 cm³/mol. The Morgan fingerprint density at radius 3 is 2.86 bits per heavy atom. The van der Waals surface area contributed by atoms with Crippen molar-refractivity contribution in [3.63, 3.8) is 0 Å². The number of fused-ring (bicyclic) bond motifs is 1. The van der Waals surface area contributed by atoms with Crippen LogP contribution in [0, 0.1) is 6.92 Å². The first-order valence-corrected chi connectivity index (χ1v) is 7.56. The van der Waals surface area contributed by atoms with Crippen molar-refractivity contribution in [2.45, 2.75) is 26.8 Å². The van der Waals surface area contributed by atoms with Crippen LogP contribution in [0.15, 0.2) is 11.1 Å². The standard InChI is InChI=1S/C14H18N2O4S/c1-4-5-16-8-15-12-10(13(16)17)9(2)11(21-12)14(18)20-7-6-19-3/h8H,4-7H2,1-3H3. The van der Waals surface area contributed by atoms with E-state index in [-0.39, 0.29) is 12.2 Å². The molecule has 2 heterocycles. The van der Waals surface area contributed by atoms with Crippen LogP contribution in [-0.4, -0.2) is 35.8 Å². The molecule has 0 aromatic carbocycles. The number of ether oxygens (including phenoxy) is 2. The first-order valence-electron chi connectivity index (χ1n) is 6.74. The molecule has 0 N–H and O–H groups in total. The summed E-state index contributed by atoms with van der Waals surface area (Å²) >= 11 is 1.19. The van der Waals surface area contributed by atoms with Gasteiger partial charge >= 0.3 is 5.97 Å². The molecule has 0 aliphatic heterocycles. The van der Waals surface area contributed by atoms with Gasteiger partial charge in [0.15, 0.2) is 0 Å². The Morgan fingerprint density at radius 2 is 2.19 bits per heavy atom. The van der Waals surface area contributed by atoms with E-state index in [4.69, 9.17) is 9.47 Å². The minimum atomic E-state index is -0.436. The third kappa shape index (κ3) is 3.14. The average Bonchev–Trinajstić information content (AvgIpc) is 2.80. The maximum Gasteiger partial charge on any atom is 0.348 e. The largest absolute Gasteiger partial charge is 0.459 e. The van der Waals surface area contributed by atoms with Gasteiger partial charge in [0.2, 0.25) is 0 Å². The van der Waals surface area contributed by atoms with E-state index in [1.807, 2.05) is 6.92 Å². The fraction of sp³-hybridized carbons (Fsp3) is 0.500. The van der Waals surface area contributed by atoms with E-state index in [2.05, 4.69) is 4.98 Å². The molecule has 7 heteroatoms. The van der Waals surface area contributed by atoms with E-state index in [1.165, 1.54) is 17.7 Å². The molecule has 114 valence electrons. The third-order valence-corrected chi connectivity index (χ3v) is 4.27. The van der Waals surface area contributed by atoms with Gasteiger partial charge in [0.25, 0.3) is 5.56 Å². The molecular formula is C14H18N2O4S. The second kappa shape index (κ2) is 6.82. The van der Waals surface area contributed by atoms with Crippen molar-refractivity contribution in [3.8, 4) is 0 Å². The van der Waals surface area contributed by atoms with Crippen molar-refractivity contribution in [2.75, 3.05) is 20.3 Å². The lowest BCUT2D eigenvalue weighted by Crippen LogP contribution is -2.20. The van der Waals surface area contributed by atoms with Gasteiger partial charge in [-0.05, 0) is 18.9 Å². The van der Waals surface area contributed by atoms with Crippen LogP contribution < -0.4 is 5.56 Å². The molecule has 0 aliphatic carbocycles. The van der Waals surface area contributed by atoms with Gasteiger partial charge in [-0.25, -0.2) is 9.78 Å². The number of aromatic nitrogens is 2. The zero-order valence-corrected chi connectivity index (χ0v) is 13.2. The highest BCUT2D eigenvalue weighted by atomic mass is 32.1. The summed E-state index contributed by atoms with van der Waals surface area (Å²) in [6.07, 6.45) is 2.38. The second-order valence-corrected chi connectivity index (χ2v) is 5.61. The predicted octanol–water partition coefficient (Wildman–Crippen LogP) is 1.98. The van der Waals surface area contributed by atoms with Crippen molar-refractivity contribution >= 4 is 27.5 Å². The first kappa shape index (κ1) is 15.7. The molecule has 0 bridgehead atoms. The molecule has 2 aromatic heterocycles. The van der Waals surface area contributed by atoms with Gasteiger partial charge in [-0.15, -0.1) is 11.3 Å². The Labute approximate surface area is 126 Å². The summed E-state index contributed by atoms with van der Waals surface area (Å²) in [5.74, 6) is -0.436. The van der Waals surface area contributed by atoms with Crippen molar-refractivity contribution in [3.05, 3.63) is 27.1 Å². The minimum Gasteiger partial charge on any atom is -0.459 e. The van der Waals surface area contributed by atoms with E-state index in [9.17, 15) is 9.59 Å². The number of hydrogen-bond acceptors (Lipinski definition) is 6. The topological polar surface area (TPSA) is 70.4 Å². The quantitative estimate of drug-likeness (QED) is 0.603. The number of carbonyl (C=O) groups excluding carboxylic acids is 1. The van der Waals surface area contributed by atoms with E-state index >= 15 is 0 Å². The van der Waals surface area contributed by atoms with E-state index < -0.39 is 5.97 Å². The molecular weight excluding hydrogens is 292 g/mol. The molecule has 0 saturated carbocycles. The smallest absolute Gasteiger partial charge is 0.348 e. The molecule has 21 heavy (non-hydrogen) atoms. The van der Waals surface area contributed by atoms with Gasteiger partial charge in [0, 0.05) is 13.7 Å². The highest BCUT2D eigenvalue weighted by Gasteiger charge is 2.20. The number of thiophene rings is 1. The van der Waals surface area contributed by atoms with Crippen molar-refractivity contribution < 1.29 is 14.3 Å². The van der Waals surface area contributed by atoms with Gasteiger partial charge < -0.3 is 9.47 Å². The van der Waals surface area contributed by atoms with Crippen LogP contribution >= 0.6 is 11.3 Å². The van der Waals surface area contributed by atoms with Crippen LogP contribution in [0.4, 0.5) is 0 Å². The number of esters is 1. The first-order chi connectivity index (χ1) is 10.1. The fourth-order valence-electron chi connectivity index (χ4n) is 2.04. The Kier molecular flexibility index (Phi) is 5.08. The summed E-state index contributed by atoms with van der Waals surface area (Å²) in [5.41, 5.74) is 0.534. The Hall–Kier alpha value is -1.73.